The molecule has 0 aliphatic rings. The smallest absolute Gasteiger partial charge is 0.251 e. The zero-order valence-corrected chi connectivity index (χ0v) is 18.4. The number of rotatable bonds is 10. The normalized spacial score (nSPS) is 11.0. The van der Waals surface area contributed by atoms with Crippen LogP contribution in [0.15, 0.2) is 48.5 Å². The van der Waals surface area contributed by atoms with Crippen molar-refractivity contribution in [1.82, 2.24) is 15.3 Å². The van der Waals surface area contributed by atoms with Crippen molar-refractivity contribution >= 4 is 34.8 Å². The third-order valence-corrected chi connectivity index (χ3v) is 5.50. The van der Waals surface area contributed by atoms with Crippen LogP contribution in [0.3, 0.4) is 0 Å². The zero-order valence-electron chi connectivity index (χ0n) is 17.6. The van der Waals surface area contributed by atoms with Crippen molar-refractivity contribution in [2.24, 2.45) is 0 Å². The average molecular weight is 425 g/mol. The summed E-state index contributed by atoms with van der Waals surface area (Å²) in [5.74, 6) is 0.734. The van der Waals surface area contributed by atoms with E-state index in [9.17, 15) is 4.79 Å². The van der Waals surface area contributed by atoms with E-state index in [4.69, 9.17) is 12.2 Å². The monoisotopic (exact) mass is 424 g/mol. The molecule has 158 valence electrons. The number of hydrogen-bond donors (Lipinski definition) is 4. The van der Waals surface area contributed by atoms with Gasteiger partial charge in [0, 0.05) is 30.5 Å². The van der Waals surface area contributed by atoms with Crippen LogP contribution in [-0.2, 0) is 6.54 Å². The molecule has 3 rings (SSSR count). The molecule has 1 aromatic heterocycles. The molecule has 3 aromatic rings. The van der Waals surface area contributed by atoms with E-state index in [1.807, 2.05) is 48.5 Å². The van der Waals surface area contributed by atoms with Crippen LogP contribution in [0.4, 0.5) is 5.82 Å². The van der Waals surface area contributed by atoms with E-state index >= 15 is 0 Å². The first-order chi connectivity index (χ1) is 14.6. The number of quaternary nitrogens is 1. The summed E-state index contributed by atoms with van der Waals surface area (Å²) in [6.07, 6.45) is 0.991. The minimum Gasteiger partial charge on any atom is -0.365 e. The van der Waals surface area contributed by atoms with Gasteiger partial charge < -0.3 is 20.5 Å². The number of fused-ring (bicyclic) bond motifs is 1. The van der Waals surface area contributed by atoms with E-state index in [1.54, 1.807) is 4.90 Å². The number of aromatic nitrogens is 2. The number of para-hydroxylation sites is 1. The first-order valence-corrected chi connectivity index (χ1v) is 10.9. The fourth-order valence-electron chi connectivity index (χ4n) is 3.44. The Morgan fingerprint density at radius 1 is 1.10 bits per heavy atom. The second-order valence-electron chi connectivity index (χ2n) is 7.30. The van der Waals surface area contributed by atoms with E-state index in [0.717, 1.165) is 48.3 Å². The van der Waals surface area contributed by atoms with Gasteiger partial charge in [-0.2, -0.15) is 0 Å². The first kappa shape index (κ1) is 21.9. The number of carbonyl (C=O) groups is 1. The molecule has 0 fully saturated rings. The van der Waals surface area contributed by atoms with Gasteiger partial charge in [0.15, 0.2) is 4.77 Å². The Morgan fingerprint density at radius 2 is 1.83 bits per heavy atom. The van der Waals surface area contributed by atoms with E-state index in [0.29, 0.717) is 23.4 Å². The molecular formula is C23H30N5OS+. The molecular weight excluding hydrogens is 394 g/mol. The maximum absolute atomic E-state index is 12.3. The van der Waals surface area contributed by atoms with Gasteiger partial charge in [-0.15, -0.1) is 0 Å². The van der Waals surface area contributed by atoms with E-state index < -0.39 is 0 Å². The lowest BCUT2D eigenvalue weighted by Crippen LogP contribution is -3.11. The van der Waals surface area contributed by atoms with Crippen molar-refractivity contribution in [3.63, 3.8) is 0 Å². The summed E-state index contributed by atoms with van der Waals surface area (Å²) in [4.78, 5) is 21.4. The van der Waals surface area contributed by atoms with Gasteiger partial charge in [-0.3, -0.25) is 4.79 Å². The van der Waals surface area contributed by atoms with Crippen LogP contribution in [0, 0.1) is 4.77 Å². The van der Waals surface area contributed by atoms with Crippen molar-refractivity contribution in [2.75, 3.05) is 31.5 Å². The zero-order chi connectivity index (χ0) is 21.3. The average Bonchev–Trinajstić information content (AvgIpc) is 2.77. The molecule has 30 heavy (non-hydrogen) atoms. The van der Waals surface area contributed by atoms with Crippen molar-refractivity contribution in [1.29, 1.82) is 0 Å². The van der Waals surface area contributed by atoms with Gasteiger partial charge in [0.25, 0.3) is 5.91 Å². The van der Waals surface area contributed by atoms with Gasteiger partial charge in [-0.05, 0) is 55.9 Å². The lowest BCUT2D eigenvalue weighted by atomic mass is 10.1. The Morgan fingerprint density at radius 3 is 2.57 bits per heavy atom. The molecule has 4 N–H and O–H groups in total. The molecule has 2 aromatic carbocycles. The molecule has 1 heterocycles. The van der Waals surface area contributed by atoms with E-state index in [-0.39, 0.29) is 5.91 Å². The number of hydrogen-bond acceptors (Lipinski definition) is 4. The highest BCUT2D eigenvalue weighted by molar-refractivity contribution is 7.71. The van der Waals surface area contributed by atoms with Crippen molar-refractivity contribution in [2.45, 2.75) is 26.8 Å². The SMILES string of the molecule is CC[NH+](CC)CCCNC(=O)c1ccc(CNc2nc(=S)[nH]c3ccccc23)cc1. The topological polar surface area (TPSA) is 74.2 Å². The lowest BCUT2D eigenvalue weighted by molar-refractivity contribution is -0.896. The molecule has 0 saturated heterocycles. The Labute approximate surface area is 182 Å². The van der Waals surface area contributed by atoms with Gasteiger partial charge in [-0.1, -0.05) is 24.3 Å². The molecule has 0 radical (unpaired) electrons. The second-order valence-corrected chi connectivity index (χ2v) is 7.69. The van der Waals surface area contributed by atoms with Crippen LogP contribution in [0.5, 0.6) is 0 Å². The van der Waals surface area contributed by atoms with Crippen LogP contribution in [0.25, 0.3) is 10.9 Å². The van der Waals surface area contributed by atoms with Crippen molar-refractivity contribution in [3.05, 3.63) is 64.4 Å². The minimum atomic E-state index is -0.0222. The van der Waals surface area contributed by atoms with E-state index in [1.165, 1.54) is 0 Å². The fourth-order valence-corrected chi connectivity index (χ4v) is 3.65. The molecule has 0 atom stereocenters. The van der Waals surface area contributed by atoms with Crippen LogP contribution >= 0.6 is 12.2 Å². The Balaban J connectivity index is 1.54. The number of amides is 1. The third-order valence-electron chi connectivity index (χ3n) is 5.31. The van der Waals surface area contributed by atoms with Gasteiger partial charge in [-0.25, -0.2) is 4.98 Å². The van der Waals surface area contributed by atoms with Crippen molar-refractivity contribution < 1.29 is 9.69 Å². The maximum atomic E-state index is 12.3. The summed E-state index contributed by atoms with van der Waals surface area (Å²) >= 11 is 5.22. The lowest BCUT2D eigenvalue weighted by Gasteiger charge is -2.15. The summed E-state index contributed by atoms with van der Waals surface area (Å²) in [5, 5.41) is 7.36. The number of H-pyrrole nitrogens is 1. The summed E-state index contributed by atoms with van der Waals surface area (Å²) in [6, 6.07) is 15.6. The molecule has 0 spiro atoms. The molecule has 0 bridgehead atoms. The number of anilines is 1. The number of nitrogens with one attached hydrogen (secondary N) is 4. The van der Waals surface area contributed by atoms with Crippen LogP contribution in [0.2, 0.25) is 0 Å². The van der Waals surface area contributed by atoms with E-state index in [2.05, 4.69) is 34.4 Å². The Bertz CT molecular complexity index is 1030. The summed E-state index contributed by atoms with van der Waals surface area (Å²) < 4.78 is 0.450. The minimum absolute atomic E-state index is 0.0222. The molecule has 0 aliphatic carbocycles. The summed E-state index contributed by atoms with van der Waals surface area (Å²) in [7, 11) is 0. The highest BCUT2D eigenvalue weighted by Crippen LogP contribution is 2.19. The molecule has 1 amide bonds. The summed E-state index contributed by atoms with van der Waals surface area (Å²) in [6.45, 7) is 9.03. The van der Waals surface area contributed by atoms with Crippen molar-refractivity contribution in [3.8, 4) is 0 Å². The Hall–Kier alpha value is -2.77. The number of carbonyl (C=O) groups excluding carboxylic acids is 1. The largest absolute Gasteiger partial charge is 0.365 e. The summed E-state index contributed by atoms with van der Waals surface area (Å²) in [5.41, 5.74) is 2.70. The molecule has 6 nitrogen and oxygen atoms in total. The highest BCUT2D eigenvalue weighted by atomic mass is 32.1. The Kier molecular flexibility index (Phi) is 7.93. The third kappa shape index (κ3) is 5.87. The molecule has 7 heteroatoms. The van der Waals surface area contributed by atoms with Gasteiger partial charge in [0.05, 0.1) is 25.2 Å². The quantitative estimate of drug-likeness (QED) is 0.298. The van der Waals surface area contributed by atoms with Crippen LogP contribution in [-0.4, -0.2) is 42.1 Å². The standard InChI is InChI=1S/C23H29N5OS/c1-3-28(4-2)15-7-14-24-22(29)18-12-10-17(11-13-18)16-25-21-19-8-5-6-9-20(19)26-23(30)27-21/h5-6,8-13H,3-4,7,14-16H2,1-2H3,(H,24,29)(H2,25,26,27,30)/p+1. The molecule has 0 unspecified atom stereocenters. The molecule has 0 saturated carbocycles. The second kappa shape index (κ2) is 10.8. The number of aromatic amines is 1. The highest BCUT2D eigenvalue weighted by Gasteiger charge is 2.07. The van der Waals surface area contributed by atoms with Crippen LogP contribution in [0.1, 0.15) is 36.2 Å². The van der Waals surface area contributed by atoms with Gasteiger partial charge in [0.1, 0.15) is 5.82 Å². The molecule has 0 aliphatic heterocycles. The predicted molar refractivity (Wildman–Crippen MR) is 125 cm³/mol. The maximum Gasteiger partial charge on any atom is 0.251 e. The number of nitrogens with zero attached hydrogens (tertiary/aromatic N) is 1. The van der Waals surface area contributed by atoms with Crippen LogP contribution < -0.4 is 15.5 Å². The first-order valence-electron chi connectivity index (χ1n) is 10.5. The fraction of sp³-hybridized carbons (Fsp3) is 0.348. The van der Waals surface area contributed by atoms with Gasteiger partial charge in [0.2, 0.25) is 0 Å². The van der Waals surface area contributed by atoms with Gasteiger partial charge >= 0.3 is 0 Å². The predicted octanol–water partition coefficient (Wildman–Crippen LogP) is 2.95. The number of benzene rings is 2.